The Hall–Kier alpha value is -1.02. The molecule has 2 rings (SSSR count). The smallest absolute Gasteiger partial charge is 0.0369 e. The van der Waals surface area contributed by atoms with Crippen LogP contribution in [-0.2, 0) is 0 Å². The third-order valence-corrected chi connectivity index (χ3v) is 4.12. The van der Waals surface area contributed by atoms with Gasteiger partial charge in [-0.2, -0.15) is 0 Å². The van der Waals surface area contributed by atoms with Crippen molar-refractivity contribution in [3.05, 3.63) is 29.3 Å². The molecule has 0 radical (unpaired) electrons. The predicted molar refractivity (Wildman–Crippen MR) is 79.1 cm³/mol. The first-order valence-electron chi connectivity index (χ1n) is 7.18. The summed E-state index contributed by atoms with van der Waals surface area (Å²) < 4.78 is 0. The van der Waals surface area contributed by atoms with Gasteiger partial charge in [0, 0.05) is 24.8 Å². The lowest BCUT2D eigenvalue weighted by atomic mass is 9.90. The van der Waals surface area contributed by atoms with E-state index in [-0.39, 0.29) is 0 Å². The number of rotatable bonds is 3. The average Bonchev–Trinajstić information content (AvgIpc) is 2.32. The molecule has 1 aliphatic heterocycles. The first-order chi connectivity index (χ1) is 8.60. The molecule has 0 spiro atoms. The molecular formula is C16H26N2. The van der Waals surface area contributed by atoms with Crippen molar-refractivity contribution in [2.45, 2.75) is 46.1 Å². The van der Waals surface area contributed by atoms with Crippen molar-refractivity contribution >= 4 is 5.69 Å². The molecule has 2 unspecified atom stereocenters. The topological polar surface area (TPSA) is 29.3 Å². The Labute approximate surface area is 111 Å². The molecule has 100 valence electrons. The van der Waals surface area contributed by atoms with Gasteiger partial charge in [0.1, 0.15) is 0 Å². The first kappa shape index (κ1) is 13.4. The Bertz CT molecular complexity index is 400. The van der Waals surface area contributed by atoms with Gasteiger partial charge in [0.05, 0.1) is 0 Å². The summed E-state index contributed by atoms with van der Waals surface area (Å²) in [4.78, 5) is 2.47. The molecule has 1 aromatic carbocycles. The molecule has 0 amide bonds. The summed E-state index contributed by atoms with van der Waals surface area (Å²) in [5, 5.41) is 0. The molecule has 2 nitrogen and oxygen atoms in total. The number of benzene rings is 1. The second-order valence-corrected chi connectivity index (χ2v) is 5.82. The van der Waals surface area contributed by atoms with Gasteiger partial charge in [-0.1, -0.05) is 19.4 Å². The van der Waals surface area contributed by atoms with Crippen molar-refractivity contribution in [1.29, 1.82) is 0 Å². The highest BCUT2D eigenvalue weighted by molar-refractivity contribution is 5.51. The highest BCUT2D eigenvalue weighted by Gasteiger charge is 2.24. The minimum atomic E-state index is 0.330. The highest BCUT2D eigenvalue weighted by Crippen LogP contribution is 2.26. The molecule has 0 bridgehead atoms. The van der Waals surface area contributed by atoms with Crippen LogP contribution in [0.1, 0.15) is 37.3 Å². The quantitative estimate of drug-likeness (QED) is 0.887. The summed E-state index contributed by atoms with van der Waals surface area (Å²) in [6.45, 7) is 8.79. The lowest BCUT2D eigenvalue weighted by Gasteiger charge is -2.38. The van der Waals surface area contributed by atoms with Crippen LogP contribution >= 0.6 is 0 Å². The molecule has 1 aliphatic rings. The maximum absolute atomic E-state index is 6.21. The van der Waals surface area contributed by atoms with Crippen molar-refractivity contribution < 1.29 is 0 Å². The molecule has 0 saturated carbocycles. The third-order valence-electron chi connectivity index (χ3n) is 4.12. The molecule has 18 heavy (non-hydrogen) atoms. The SMILES string of the molecule is CCCC1CC(N)CN(c2ccc(C)c(C)c2)C1. The molecule has 1 aromatic rings. The summed E-state index contributed by atoms with van der Waals surface area (Å²) in [6, 6.07) is 7.09. The van der Waals surface area contributed by atoms with Crippen LogP contribution in [0.2, 0.25) is 0 Å². The molecule has 1 fully saturated rings. The van der Waals surface area contributed by atoms with Crippen molar-refractivity contribution in [3.8, 4) is 0 Å². The monoisotopic (exact) mass is 246 g/mol. The Morgan fingerprint density at radius 1 is 1.22 bits per heavy atom. The van der Waals surface area contributed by atoms with Crippen LogP contribution in [-0.4, -0.2) is 19.1 Å². The lowest BCUT2D eigenvalue weighted by molar-refractivity contribution is 0.355. The fourth-order valence-electron chi connectivity index (χ4n) is 3.00. The molecular weight excluding hydrogens is 220 g/mol. The van der Waals surface area contributed by atoms with Crippen LogP contribution in [0.15, 0.2) is 18.2 Å². The number of nitrogens with two attached hydrogens (primary N) is 1. The van der Waals surface area contributed by atoms with E-state index in [0.29, 0.717) is 6.04 Å². The summed E-state index contributed by atoms with van der Waals surface area (Å²) >= 11 is 0. The van der Waals surface area contributed by atoms with Crippen molar-refractivity contribution in [3.63, 3.8) is 0 Å². The van der Waals surface area contributed by atoms with Crippen LogP contribution in [0.4, 0.5) is 5.69 Å². The van der Waals surface area contributed by atoms with Gasteiger partial charge in [-0.05, 0) is 55.9 Å². The Morgan fingerprint density at radius 2 is 2.00 bits per heavy atom. The largest absolute Gasteiger partial charge is 0.370 e. The molecule has 0 aromatic heterocycles. The zero-order chi connectivity index (χ0) is 13.1. The number of hydrogen-bond donors (Lipinski definition) is 1. The molecule has 0 aliphatic carbocycles. The summed E-state index contributed by atoms with van der Waals surface area (Å²) in [5.74, 6) is 0.764. The number of anilines is 1. The van der Waals surface area contributed by atoms with Crippen LogP contribution in [0.5, 0.6) is 0 Å². The van der Waals surface area contributed by atoms with Crippen LogP contribution in [0.3, 0.4) is 0 Å². The maximum Gasteiger partial charge on any atom is 0.0369 e. The van der Waals surface area contributed by atoms with Gasteiger partial charge in [0.2, 0.25) is 0 Å². The number of piperidine rings is 1. The van der Waals surface area contributed by atoms with Crippen LogP contribution < -0.4 is 10.6 Å². The minimum absolute atomic E-state index is 0.330. The fraction of sp³-hybridized carbons (Fsp3) is 0.625. The molecule has 1 heterocycles. The van der Waals surface area contributed by atoms with Gasteiger partial charge in [0.25, 0.3) is 0 Å². The van der Waals surface area contributed by atoms with Gasteiger partial charge in [-0.3, -0.25) is 0 Å². The minimum Gasteiger partial charge on any atom is -0.370 e. The molecule has 2 N–H and O–H groups in total. The van der Waals surface area contributed by atoms with Crippen LogP contribution in [0, 0.1) is 19.8 Å². The zero-order valence-electron chi connectivity index (χ0n) is 11.9. The van der Waals surface area contributed by atoms with Gasteiger partial charge in [0.15, 0.2) is 0 Å². The van der Waals surface area contributed by atoms with E-state index in [1.165, 1.54) is 42.6 Å². The first-order valence-corrected chi connectivity index (χ1v) is 7.18. The van der Waals surface area contributed by atoms with E-state index in [1.807, 2.05) is 0 Å². The number of aryl methyl sites for hydroxylation is 2. The van der Waals surface area contributed by atoms with E-state index in [1.54, 1.807) is 0 Å². The van der Waals surface area contributed by atoms with E-state index < -0.39 is 0 Å². The van der Waals surface area contributed by atoms with Crippen molar-refractivity contribution in [1.82, 2.24) is 0 Å². The fourth-order valence-corrected chi connectivity index (χ4v) is 3.00. The standard InChI is InChI=1S/C16H26N2/c1-4-5-14-9-15(17)11-18(10-14)16-7-6-12(2)13(3)8-16/h6-8,14-15H,4-5,9-11,17H2,1-3H3. The zero-order valence-corrected chi connectivity index (χ0v) is 11.9. The summed E-state index contributed by atoms with van der Waals surface area (Å²) in [7, 11) is 0. The normalized spacial score (nSPS) is 24.3. The Balaban J connectivity index is 2.13. The summed E-state index contributed by atoms with van der Waals surface area (Å²) in [5.41, 5.74) is 10.3. The molecule has 2 heteroatoms. The van der Waals surface area contributed by atoms with Crippen LogP contribution in [0.25, 0.3) is 0 Å². The van der Waals surface area contributed by atoms with E-state index in [4.69, 9.17) is 5.73 Å². The van der Waals surface area contributed by atoms with Gasteiger partial charge in [-0.25, -0.2) is 0 Å². The lowest BCUT2D eigenvalue weighted by Crippen LogP contribution is -2.47. The highest BCUT2D eigenvalue weighted by atomic mass is 15.2. The van der Waals surface area contributed by atoms with E-state index >= 15 is 0 Å². The molecule has 1 saturated heterocycles. The molecule has 2 atom stereocenters. The summed E-state index contributed by atoms with van der Waals surface area (Å²) in [6.07, 6.45) is 3.75. The number of nitrogens with zero attached hydrogens (tertiary/aromatic N) is 1. The average molecular weight is 246 g/mol. The van der Waals surface area contributed by atoms with Gasteiger partial charge < -0.3 is 10.6 Å². The van der Waals surface area contributed by atoms with Crippen molar-refractivity contribution in [2.24, 2.45) is 11.7 Å². The van der Waals surface area contributed by atoms with E-state index in [2.05, 4.69) is 43.9 Å². The predicted octanol–water partition coefficient (Wildman–Crippen LogP) is 3.26. The Morgan fingerprint density at radius 3 is 2.67 bits per heavy atom. The maximum atomic E-state index is 6.21. The van der Waals surface area contributed by atoms with E-state index in [0.717, 1.165) is 12.5 Å². The van der Waals surface area contributed by atoms with Crippen molar-refractivity contribution in [2.75, 3.05) is 18.0 Å². The second kappa shape index (κ2) is 5.75. The Kier molecular flexibility index (Phi) is 4.28. The van der Waals surface area contributed by atoms with E-state index in [9.17, 15) is 0 Å². The number of hydrogen-bond acceptors (Lipinski definition) is 2. The van der Waals surface area contributed by atoms with Gasteiger partial charge in [-0.15, -0.1) is 0 Å². The third kappa shape index (κ3) is 3.05. The second-order valence-electron chi connectivity index (χ2n) is 5.82. The van der Waals surface area contributed by atoms with Gasteiger partial charge >= 0.3 is 0 Å².